The molecule has 2 atom stereocenters. The van der Waals surface area contributed by atoms with Crippen LogP contribution in [0.1, 0.15) is 19.3 Å². The average molecular weight is 2010 g/mol. The first-order valence-corrected chi connectivity index (χ1v) is 55.9. The van der Waals surface area contributed by atoms with Gasteiger partial charge in [-0.05, 0) is 86.7 Å². The lowest BCUT2D eigenvalue weighted by Crippen LogP contribution is -2.40. The van der Waals surface area contributed by atoms with Crippen molar-refractivity contribution in [3.8, 4) is 0 Å². The maximum atomic E-state index is 5.91. The molecule has 11 rings (SSSR count). The average Bonchev–Trinajstić information content (AvgIpc) is 1.88. The predicted molar refractivity (Wildman–Crippen MR) is 567 cm³/mol. The lowest BCUT2D eigenvalue weighted by atomic mass is 10.3. The SMILES string of the molecule is C1CNCCNCCCNCCNC1.C1CNCCNCCNCCN1.C1CNCCNCCNCCNC1.C1CNCCOCCNCCNCCOCCN1.C1COCCOCCNCCOCCOCCN1.C1COCCSCCSCCOCCO1.CN1CCN(C)CCN2CCOCCN(CCOCC2)CC1.CN1CCN(C)CCN2CCOCCOCCN(CCOCC2)CC1. The smallest absolute Gasteiger partial charge is 0.0701 e. The third-order valence-electron chi connectivity index (χ3n) is 23.1. The first-order valence-electron chi connectivity index (χ1n) is 53.6. The highest BCUT2D eigenvalue weighted by Crippen LogP contribution is 2.08. The number of likely N-dealkylation sites (N-methyl/N-ethyl adjacent to an activating group) is 4. The molecular formula is C95H212N26O14S2. The Bertz CT molecular complexity index is 1860. The minimum Gasteiger partial charge on any atom is -0.379 e. The van der Waals surface area contributed by atoms with Gasteiger partial charge in [0.15, 0.2) is 0 Å². The first kappa shape index (κ1) is 130. The van der Waals surface area contributed by atoms with E-state index in [9.17, 15) is 0 Å². The van der Waals surface area contributed by atoms with E-state index < -0.39 is 0 Å². The summed E-state index contributed by atoms with van der Waals surface area (Å²) in [6.07, 6.45) is 3.67. The number of ether oxygens (including phenoxy) is 14. The van der Waals surface area contributed by atoms with Gasteiger partial charge in [0, 0.05) is 350 Å². The topological polar surface area (TPSA) is 372 Å². The minimum absolute atomic E-state index is 0.654. The number of thioether (sulfide) groups is 2. The van der Waals surface area contributed by atoms with E-state index in [1.807, 2.05) is 23.5 Å². The largest absolute Gasteiger partial charge is 0.379 e. The molecule has 11 saturated heterocycles. The van der Waals surface area contributed by atoms with E-state index in [1.165, 1.54) is 30.8 Å². The van der Waals surface area contributed by atoms with Crippen LogP contribution in [0.3, 0.4) is 0 Å². The molecule has 0 aromatic heterocycles. The zero-order chi connectivity index (χ0) is 97.0. The summed E-state index contributed by atoms with van der Waals surface area (Å²) in [5.41, 5.74) is 0. The Labute approximate surface area is 842 Å². The Morgan fingerprint density at radius 2 is 0.255 bits per heavy atom. The van der Waals surface area contributed by atoms with Gasteiger partial charge in [0.25, 0.3) is 0 Å². The normalized spacial score (nSPS) is 26.7. The van der Waals surface area contributed by atoms with Crippen molar-refractivity contribution in [3.63, 3.8) is 0 Å². The second kappa shape index (κ2) is 111. The highest BCUT2D eigenvalue weighted by atomic mass is 32.2. The minimum atomic E-state index is 0.654. The molecular weight excluding hydrogens is 1790 g/mol. The van der Waals surface area contributed by atoms with Crippen LogP contribution in [-0.2, 0) is 66.3 Å². The first-order chi connectivity index (χ1) is 68.0. The molecule has 11 fully saturated rings. The van der Waals surface area contributed by atoms with Gasteiger partial charge in [-0.25, -0.2) is 0 Å². The number of fused-ring (bicyclic) bond motifs is 21. The summed E-state index contributed by atoms with van der Waals surface area (Å²) in [4.78, 5) is 19.6. The number of nitrogens with zero attached hydrogens (tertiary/aromatic N) is 8. The van der Waals surface area contributed by atoms with Crippen LogP contribution in [0.25, 0.3) is 0 Å². The highest BCUT2D eigenvalue weighted by Gasteiger charge is 2.17. The van der Waals surface area contributed by atoms with E-state index in [0.29, 0.717) is 92.5 Å². The van der Waals surface area contributed by atoms with Gasteiger partial charge in [-0.1, -0.05) is 0 Å². The van der Waals surface area contributed by atoms with E-state index in [1.54, 1.807) is 0 Å². The van der Waals surface area contributed by atoms with E-state index in [2.05, 4.69) is 163 Å². The maximum Gasteiger partial charge on any atom is 0.0701 e. The van der Waals surface area contributed by atoms with Crippen LogP contribution in [0.4, 0.5) is 0 Å². The molecule has 0 spiro atoms. The highest BCUT2D eigenvalue weighted by molar-refractivity contribution is 8.02. The van der Waals surface area contributed by atoms with Crippen LogP contribution in [-0.4, -0.2) is 642 Å². The van der Waals surface area contributed by atoms with E-state index >= 15 is 0 Å². The molecule has 40 nitrogen and oxygen atoms in total. The number of nitrogens with one attached hydrogen (secondary N) is 18. The summed E-state index contributed by atoms with van der Waals surface area (Å²) in [5, 5.41) is 60.5. The monoisotopic (exact) mass is 2010 g/mol. The van der Waals surface area contributed by atoms with E-state index in [-0.39, 0.29) is 0 Å². The van der Waals surface area contributed by atoms with Gasteiger partial charge in [0.1, 0.15) is 0 Å². The Balaban J connectivity index is 0.000000407. The summed E-state index contributed by atoms with van der Waals surface area (Å²) in [7, 11) is 8.89. The van der Waals surface area contributed by atoms with Gasteiger partial charge in [0.05, 0.1) is 185 Å². The van der Waals surface area contributed by atoms with Crippen molar-refractivity contribution >= 4 is 23.5 Å². The fourth-order valence-electron chi connectivity index (χ4n) is 14.2. The Morgan fingerprint density at radius 3 is 0.453 bits per heavy atom. The van der Waals surface area contributed by atoms with Crippen LogP contribution in [0.2, 0.25) is 0 Å². The summed E-state index contributed by atoms with van der Waals surface area (Å²) in [6, 6.07) is 0. The molecule has 0 amide bonds. The summed E-state index contributed by atoms with van der Waals surface area (Å²) < 4.78 is 77.9. The van der Waals surface area contributed by atoms with Crippen LogP contribution in [0.5, 0.6) is 0 Å². The standard InChI is InChI=1S/C18H38N4O3.C16H34N4O2.C12H28N4O2.C12H26N2O4.C10H24N4.C10H20O3S2.C9H22N4.C8H20N4/c1-19-3-4-20(2)6-8-22-10-14-23-13-9-21(7-5-19)11-15-24-17-18-25-16-12-22;1-17-3-4-18(2)6-8-20-11-15-21-13-9-19(7-5-17)10-14-22-16-12-20;1-2-14-6-10-18-12-8-16-4-3-15-7-11-17-9-5-13-1;1-5-15-9-10-17-7-3-14-4-8-18-12-11-16-6-2-13-1;1-3-11-7-9-13-5-2-6-14-10-8-12-4-1;1-3-12-5-7-14-9-10-15-8-6-13-4-2-11-1;1-2-10-4-6-12-8-9-13-7-5-11-3-1;1-2-10-5-6-12-8-7-11-4-3-9-1/h3-18H2,1-2H3;3-16H2,1-2H3;13-16H,1-12H2;13-14H,1-12H2;11-14H,1-10H2;1-10H2;10-13H,1-9H2;9-12H,1-8H2. The van der Waals surface area contributed by atoms with Gasteiger partial charge in [-0.3, -0.25) is 19.6 Å². The number of hydrogen-bond donors (Lipinski definition) is 18. The van der Waals surface area contributed by atoms with Gasteiger partial charge >= 0.3 is 0 Å². The lowest BCUT2D eigenvalue weighted by Gasteiger charge is -2.27. The molecule has 2 unspecified atom stereocenters. The second-order valence-electron chi connectivity index (χ2n) is 34.9. The van der Waals surface area contributed by atoms with Crippen molar-refractivity contribution < 1.29 is 66.3 Å². The number of rotatable bonds is 0. The van der Waals surface area contributed by atoms with Crippen LogP contribution < -0.4 is 95.7 Å². The van der Waals surface area contributed by atoms with Gasteiger partial charge in [0.2, 0.25) is 0 Å². The Morgan fingerprint density at radius 1 is 0.124 bits per heavy atom. The zero-order valence-corrected chi connectivity index (χ0v) is 89.1. The van der Waals surface area contributed by atoms with Crippen molar-refractivity contribution in [2.45, 2.75) is 19.3 Å². The molecule has 42 heteroatoms. The summed E-state index contributed by atoms with van der Waals surface area (Å²) >= 11 is 3.91. The molecule has 137 heavy (non-hydrogen) atoms. The quantitative estimate of drug-likeness (QED) is 0.101. The second-order valence-corrected chi connectivity index (χ2v) is 37.4. The third kappa shape index (κ3) is 101. The van der Waals surface area contributed by atoms with Crippen molar-refractivity contribution in [2.24, 2.45) is 0 Å². The predicted octanol–water partition coefficient (Wildman–Crippen LogP) is -5.56. The molecule has 0 aromatic rings. The van der Waals surface area contributed by atoms with Crippen LogP contribution in [0.15, 0.2) is 0 Å². The molecule has 18 N–H and O–H groups in total. The zero-order valence-electron chi connectivity index (χ0n) is 87.5. The molecule has 4 bridgehead atoms. The maximum absolute atomic E-state index is 5.91. The van der Waals surface area contributed by atoms with Crippen LogP contribution in [0, 0.1) is 0 Å². The molecule has 818 valence electrons. The van der Waals surface area contributed by atoms with E-state index in [0.717, 1.165) is 471 Å². The van der Waals surface area contributed by atoms with Crippen molar-refractivity contribution in [1.82, 2.24) is 135 Å². The van der Waals surface area contributed by atoms with Gasteiger partial charge in [-0.15, -0.1) is 0 Å². The Kier molecular flexibility index (Phi) is 105. The van der Waals surface area contributed by atoms with Gasteiger partial charge in [-0.2, -0.15) is 23.5 Å². The fraction of sp³-hybridized carbons (Fsp3) is 1.00. The molecule has 0 aliphatic carbocycles. The molecule has 0 radical (unpaired) electrons. The third-order valence-corrected chi connectivity index (χ3v) is 25.2. The molecule has 0 saturated carbocycles. The summed E-state index contributed by atoms with van der Waals surface area (Å²) in [5.74, 6) is 4.61. The molecule has 0 aromatic carbocycles. The van der Waals surface area contributed by atoms with Crippen molar-refractivity contribution in [3.05, 3.63) is 0 Å². The van der Waals surface area contributed by atoms with Crippen molar-refractivity contribution in [1.29, 1.82) is 0 Å². The lowest BCUT2D eigenvalue weighted by molar-refractivity contribution is 0.0205. The van der Waals surface area contributed by atoms with Gasteiger partial charge < -0.3 is 182 Å². The molecule has 11 aliphatic rings. The Hall–Kier alpha value is -0.900. The van der Waals surface area contributed by atoms with Crippen LogP contribution >= 0.6 is 23.5 Å². The van der Waals surface area contributed by atoms with E-state index in [4.69, 9.17) is 66.3 Å². The molecule has 11 aliphatic heterocycles. The summed E-state index contributed by atoms with van der Waals surface area (Å²) in [6.45, 7) is 79.1. The number of hydrogen-bond acceptors (Lipinski definition) is 42. The molecule has 11 heterocycles. The fourth-order valence-corrected chi connectivity index (χ4v) is 16.0. The van der Waals surface area contributed by atoms with Crippen molar-refractivity contribution in [2.75, 3.05) is 603 Å².